The normalized spacial score (nSPS) is 11.4. The van der Waals surface area contributed by atoms with E-state index in [0.717, 1.165) is 22.4 Å². The van der Waals surface area contributed by atoms with Gasteiger partial charge < -0.3 is 20.1 Å². The number of benzene rings is 3. The van der Waals surface area contributed by atoms with E-state index in [1.165, 1.54) is 0 Å². The van der Waals surface area contributed by atoms with Gasteiger partial charge in [0.2, 0.25) is 5.91 Å². The molecular formula is C25H26N2O4. The van der Waals surface area contributed by atoms with E-state index in [9.17, 15) is 9.59 Å². The molecule has 3 rings (SSSR count). The van der Waals surface area contributed by atoms with Crippen LogP contribution in [0.4, 0.5) is 5.69 Å². The second kappa shape index (κ2) is 9.80. The second-order valence-electron chi connectivity index (χ2n) is 7.20. The van der Waals surface area contributed by atoms with Gasteiger partial charge >= 0.3 is 0 Å². The molecule has 0 aromatic heterocycles. The molecule has 0 radical (unpaired) electrons. The fourth-order valence-corrected chi connectivity index (χ4v) is 3.16. The van der Waals surface area contributed by atoms with Gasteiger partial charge in [-0.05, 0) is 61.9 Å². The number of nitrogens with one attached hydrogen (secondary N) is 2. The molecule has 0 bridgehead atoms. The number of anilines is 1. The van der Waals surface area contributed by atoms with Crippen molar-refractivity contribution in [2.24, 2.45) is 0 Å². The van der Waals surface area contributed by atoms with Crippen LogP contribution in [0.5, 0.6) is 11.5 Å². The van der Waals surface area contributed by atoms with Gasteiger partial charge in [0.15, 0.2) is 0 Å². The Morgan fingerprint density at radius 1 is 0.903 bits per heavy atom. The first-order valence-electron chi connectivity index (χ1n) is 9.92. The molecule has 1 atom stereocenters. The van der Waals surface area contributed by atoms with Gasteiger partial charge in [-0.3, -0.25) is 9.59 Å². The predicted octanol–water partition coefficient (Wildman–Crippen LogP) is 4.44. The first-order valence-corrected chi connectivity index (χ1v) is 9.92. The molecule has 6 heteroatoms. The quantitative estimate of drug-likeness (QED) is 0.595. The molecule has 0 unspecified atom stereocenters. The first-order chi connectivity index (χ1) is 14.9. The van der Waals surface area contributed by atoms with Crippen LogP contribution in [-0.4, -0.2) is 32.1 Å². The summed E-state index contributed by atoms with van der Waals surface area (Å²) in [6.07, 6.45) is 0. The molecule has 0 saturated heterocycles. The van der Waals surface area contributed by atoms with Gasteiger partial charge in [0.25, 0.3) is 5.91 Å². The van der Waals surface area contributed by atoms with Crippen LogP contribution < -0.4 is 20.1 Å². The van der Waals surface area contributed by atoms with Gasteiger partial charge in [0.05, 0.1) is 14.2 Å². The van der Waals surface area contributed by atoms with Crippen LogP contribution in [0.15, 0.2) is 66.7 Å². The maximum Gasteiger partial charge on any atom is 0.251 e. The number of rotatable bonds is 7. The number of amides is 2. The lowest BCUT2D eigenvalue weighted by Crippen LogP contribution is -2.41. The molecule has 6 nitrogen and oxygen atoms in total. The Kier molecular flexibility index (Phi) is 6.92. The molecule has 0 spiro atoms. The highest BCUT2D eigenvalue weighted by atomic mass is 16.5. The molecule has 3 aromatic carbocycles. The van der Waals surface area contributed by atoms with Gasteiger partial charge in [-0.1, -0.05) is 29.8 Å². The van der Waals surface area contributed by atoms with E-state index < -0.39 is 6.04 Å². The van der Waals surface area contributed by atoms with Crippen LogP contribution in [0, 0.1) is 6.92 Å². The van der Waals surface area contributed by atoms with E-state index in [2.05, 4.69) is 10.6 Å². The third-order valence-corrected chi connectivity index (χ3v) is 4.89. The summed E-state index contributed by atoms with van der Waals surface area (Å²) in [7, 11) is 3.22. The van der Waals surface area contributed by atoms with Crippen LogP contribution in [0.25, 0.3) is 11.1 Å². The number of hydrogen-bond donors (Lipinski definition) is 2. The molecule has 0 aliphatic rings. The average molecular weight is 418 g/mol. The summed E-state index contributed by atoms with van der Waals surface area (Å²) in [6, 6.07) is 19.5. The van der Waals surface area contributed by atoms with Crippen LogP contribution in [0.3, 0.4) is 0 Å². The zero-order valence-electron chi connectivity index (χ0n) is 18.1. The third kappa shape index (κ3) is 5.42. The van der Waals surface area contributed by atoms with Crippen molar-refractivity contribution in [3.63, 3.8) is 0 Å². The summed E-state index contributed by atoms with van der Waals surface area (Å²) >= 11 is 0. The second-order valence-corrected chi connectivity index (χ2v) is 7.20. The van der Waals surface area contributed by atoms with Crippen molar-refractivity contribution in [3.05, 3.63) is 77.9 Å². The Labute approximate surface area is 182 Å². The van der Waals surface area contributed by atoms with Crippen molar-refractivity contribution >= 4 is 17.5 Å². The summed E-state index contributed by atoms with van der Waals surface area (Å²) < 4.78 is 10.7. The Balaban J connectivity index is 1.73. The van der Waals surface area contributed by atoms with E-state index in [-0.39, 0.29) is 11.8 Å². The zero-order chi connectivity index (χ0) is 22.4. The monoisotopic (exact) mass is 418 g/mol. The van der Waals surface area contributed by atoms with Crippen LogP contribution in [0.2, 0.25) is 0 Å². The molecule has 0 aliphatic carbocycles. The Bertz CT molecular complexity index is 1080. The largest absolute Gasteiger partial charge is 0.497 e. The SMILES string of the molecule is COc1ccc(-c2cc(NC(=O)[C@H](C)NC(=O)c3cccc(C)c3)ccc2OC)cc1. The topological polar surface area (TPSA) is 76.7 Å². The van der Waals surface area contributed by atoms with E-state index in [1.54, 1.807) is 45.4 Å². The van der Waals surface area contributed by atoms with Crippen molar-refractivity contribution < 1.29 is 19.1 Å². The smallest absolute Gasteiger partial charge is 0.251 e. The Hall–Kier alpha value is -3.80. The van der Waals surface area contributed by atoms with Crippen molar-refractivity contribution in [1.29, 1.82) is 0 Å². The van der Waals surface area contributed by atoms with E-state index in [1.807, 2.05) is 49.4 Å². The number of carbonyl (C=O) groups is 2. The fourth-order valence-electron chi connectivity index (χ4n) is 3.16. The van der Waals surface area contributed by atoms with Crippen LogP contribution >= 0.6 is 0 Å². The minimum Gasteiger partial charge on any atom is -0.497 e. The lowest BCUT2D eigenvalue weighted by molar-refractivity contribution is -0.117. The fraction of sp³-hybridized carbons (Fsp3) is 0.200. The summed E-state index contributed by atoms with van der Waals surface area (Å²) in [5, 5.41) is 5.60. The Morgan fingerprint density at radius 3 is 2.29 bits per heavy atom. The molecule has 160 valence electrons. The van der Waals surface area contributed by atoms with Crippen molar-refractivity contribution in [2.45, 2.75) is 19.9 Å². The number of hydrogen-bond acceptors (Lipinski definition) is 4. The standard InChI is InChI=1S/C25H26N2O4/c1-16-6-5-7-19(14-16)25(29)26-17(2)24(28)27-20-10-13-23(31-4)22(15-20)18-8-11-21(30-3)12-9-18/h5-15,17H,1-4H3,(H,26,29)(H,27,28)/t17-/m0/s1. The number of aryl methyl sites for hydroxylation is 1. The molecule has 31 heavy (non-hydrogen) atoms. The Morgan fingerprint density at radius 2 is 1.65 bits per heavy atom. The van der Waals surface area contributed by atoms with Gasteiger partial charge in [-0.2, -0.15) is 0 Å². The van der Waals surface area contributed by atoms with Gasteiger partial charge in [0, 0.05) is 16.8 Å². The lowest BCUT2D eigenvalue weighted by Gasteiger charge is -2.16. The zero-order valence-corrected chi connectivity index (χ0v) is 18.1. The minimum absolute atomic E-state index is 0.292. The average Bonchev–Trinajstić information content (AvgIpc) is 2.79. The lowest BCUT2D eigenvalue weighted by atomic mass is 10.0. The molecule has 2 amide bonds. The van der Waals surface area contributed by atoms with Crippen molar-refractivity contribution in [2.75, 3.05) is 19.5 Å². The number of ether oxygens (including phenoxy) is 2. The highest BCUT2D eigenvalue weighted by Crippen LogP contribution is 2.33. The molecular weight excluding hydrogens is 392 g/mol. The highest BCUT2D eigenvalue weighted by Gasteiger charge is 2.18. The molecule has 2 N–H and O–H groups in total. The van der Waals surface area contributed by atoms with Gasteiger partial charge in [-0.15, -0.1) is 0 Å². The van der Waals surface area contributed by atoms with E-state index in [0.29, 0.717) is 17.0 Å². The number of carbonyl (C=O) groups excluding carboxylic acids is 2. The maximum absolute atomic E-state index is 12.7. The van der Waals surface area contributed by atoms with Crippen LogP contribution in [-0.2, 0) is 4.79 Å². The number of methoxy groups -OCH3 is 2. The molecule has 0 fully saturated rings. The highest BCUT2D eigenvalue weighted by molar-refractivity contribution is 6.01. The van der Waals surface area contributed by atoms with Crippen molar-refractivity contribution in [3.8, 4) is 22.6 Å². The summed E-state index contributed by atoms with van der Waals surface area (Å²) in [4.78, 5) is 25.1. The maximum atomic E-state index is 12.7. The predicted molar refractivity (Wildman–Crippen MR) is 122 cm³/mol. The van der Waals surface area contributed by atoms with Gasteiger partial charge in [0.1, 0.15) is 17.5 Å². The molecule has 3 aromatic rings. The van der Waals surface area contributed by atoms with E-state index in [4.69, 9.17) is 9.47 Å². The third-order valence-electron chi connectivity index (χ3n) is 4.89. The van der Waals surface area contributed by atoms with Crippen LogP contribution in [0.1, 0.15) is 22.8 Å². The molecule has 0 aliphatic heterocycles. The summed E-state index contributed by atoms with van der Waals surface area (Å²) in [6.45, 7) is 3.56. The summed E-state index contributed by atoms with van der Waals surface area (Å²) in [5.41, 5.74) is 3.86. The minimum atomic E-state index is -0.709. The first kappa shape index (κ1) is 21.9. The molecule has 0 heterocycles. The van der Waals surface area contributed by atoms with E-state index >= 15 is 0 Å². The van der Waals surface area contributed by atoms with Gasteiger partial charge in [-0.25, -0.2) is 0 Å². The summed E-state index contributed by atoms with van der Waals surface area (Å²) in [5.74, 6) is 0.834. The molecule has 0 saturated carbocycles. The van der Waals surface area contributed by atoms with Crippen molar-refractivity contribution in [1.82, 2.24) is 5.32 Å².